The molecule has 0 aliphatic carbocycles. The predicted molar refractivity (Wildman–Crippen MR) is 69.3 cm³/mol. The van der Waals surface area contributed by atoms with E-state index >= 15 is 0 Å². The molecule has 0 radical (unpaired) electrons. The van der Waals surface area contributed by atoms with Crippen molar-refractivity contribution in [2.75, 3.05) is 0 Å². The van der Waals surface area contributed by atoms with E-state index in [0.29, 0.717) is 15.9 Å². The van der Waals surface area contributed by atoms with Gasteiger partial charge in [-0.3, -0.25) is 0 Å². The van der Waals surface area contributed by atoms with E-state index in [-0.39, 0.29) is 5.02 Å². The topological polar surface area (TPSA) is 28.7 Å². The van der Waals surface area contributed by atoms with Crippen molar-refractivity contribution >= 4 is 23.8 Å². The van der Waals surface area contributed by atoms with Crippen LogP contribution in [0.25, 0.3) is 11.3 Å². The number of H-pyrrole nitrogens is 1. The highest BCUT2D eigenvalue weighted by atomic mass is 35.5. The summed E-state index contributed by atoms with van der Waals surface area (Å²) in [6.07, 6.45) is 0. The lowest BCUT2D eigenvalue weighted by molar-refractivity contribution is 0.628. The number of hydrogen-bond donors (Lipinski definition) is 1. The standard InChI is InChI=1S/C12H10ClFN2S/c1-6-7(2)16-12(17)11(15-6)8-3-4-10(14)9(13)5-8/h3-5H,1-2H3,(H,16,17). The summed E-state index contributed by atoms with van der Waals surface area (Å²) in [6, 6.07) is 4.45. The summed E-state index contributed by atoms with van der Waals surface area (Å²) in [7, 11) is 0. The molecule has 2 aromatic rings. The van der Waals surface area contributed by atoms with Crippen molar-refractivity contribution in [3.63, 3.8) is 0 Å². The van der Waals surface area contributed by atoms with Crippen LogP contribution in [0.2, 0.25) is 5.02 Å². The van der Waals surface area contributed by atoms with Crippen LogP contribution in [0.3, 0.4) is 0 Å². The van der Waals surface area contributed by atoms with Crippen molar-refractivity contribution in [2.45, 2.75) is 13.8 Å². The molecular weight excluding hydrogens is 259 g/mol. The summed E-state index contributed by atoms with van der Waals surface area (Å²) >= 11 is 10.9. The minimum atomic E-state index is -0.450. The van der Waals surface area contributed by atoms with Crippen LogP contribution in [-0.4, -0.2) is 9.97 Å². The predicted octanol–water partition coefficient (Wildman–Crippen LogP) is 4.22. The zero-order valence-corrected chi connectivity index (χ0v) is 10.9. The second-order valence-corrected chi connectivity index (χ2v) is 4.57. The van der Waals surface area contributed by atoms with Crippen molar-refractivity contribution in [2.24, 2.45) is 0 Å². The molecular formula is C12H10ClFN2S. The molecule has 2 rings (SSSR count). The van der Waals surface area contributed by atoms with Gasteiger partial charge in [0.2, 0.25) is 0 Å². The van der Waals surface area contributed by atoms with Crippen LogP contribution in [0.5, 0.6) is 0 Å². The molecule has 0 saturated carbocycles. The fraction of sp³-hybridized carbons (Fsp3) is 0.167. The maximum atomic E-state index is 13.1. The van der Waals surface area contributed by atoms with Gasteiger partial charge in [-0.05, 0) is 32.0 Å². The number of nitrogens with one attached hydrogen (secondary N) is 1. The van der Waals surface area contributed by atoms with E-state index in [2.05, 4.69) is 9.97 Å². The van der Waals surface area contributed by atoms with E-state index in [9.17, 15) is 4.39 Å². The summed E-state index contributed by atoms with van der Waals surface area (Å²) in [4.78, 5) is 7.45. The Morgan fingerprint density at radius 3 is 2.71 bits per heavy atom. The minimum absolute atomic E-state index is 0.0666. The molecule has 17 heavy (non-hydrogen) atoms. The Kier molecular flexibility index (Phi) is 3.26. The lowest BCUT2D eigenvalue weighted by Crippen LogP contribution is -1.96. The molecule has 5 heteroatoms. The number of rotatable bonds is 1. The van der Waals surface area contributed by atoms with Gasteiger partial charge < -0.3 is 4.98 Å². The maximum absolute atomic E-state index is 13.1. The summed E-state index contributed by atoms with van der Waals surface area (Å²) in [5.74, 6) is -0.450. The first-order valence-electron chi connectivity index (χ1n) is 5.02. The zero-order valence-electron chi connectivity index (χ0n) is 9.34. The Hall–Kier alpha value is -1.26. The first-order valence-corrected chi connectivity index (χ1v) is 5.80. The summed E-state index contributed by atoms with van der Waals surface area (Å²) < 4.78 is 13.6. The van der Waals surface area contributed by atoms with E-state index in [0.717, 1.165) is 11.4 Å². The largest absolute Gasteiger partial charge is 0.347 e. The molecule has 0 saturated heterocycles. The molecule has 1 aromatic heterocycles. The number of aromatic nitrogens is 2. The average molecular weight is 269 g/mol. The third-order valence-corrected chi connectivity index (χ3v) is 3.12. The number of hydrogen-bond acceptors (Lipinski definition) is 2. The third kappa shape index (κ3) is 2.37. The Morgan fingerprint density at radius 2 is 2.06 bits per heavy atom. The van der Waals surface area contributed by atoms with Crippen molar-refractivity contribution in [1.29, 1.82) is 0 Å². The third-order valence-electron chi connectivity index (χ3n) is 2.53. The molecule has 0 unspecified atom stereocenters. The fourth-order valence-electron chi connectivity index (χ4n) is 1.46. The van der Waals surface area contributed by atoms with Gasteiger partial charge in [0.25, 0.3) is 0 Å². The summed E-state index contributed by atoms with van der Waals surface area (Å²) in [5, 5.41) is 0.0666. The van der Waals surface area contributed by atoms with Gasteiger partial charge in [-0.1, -0.05) is 23.8 Å². The van der Waals surface area contributed by atoms with Crippen LogP contribution in [0.1, 0.15) is 11.4 Å². The van der Waals surface area contributed by atoms with Crippen molar-refractivity contribution in [3.8, 4) is 11.3 Å². The Morgan fingerprint density at radius 1 is 1.35 bits per heavy atom. The van der Waals surface area contributed by atoms with Crippen molar-refractivity contribution in [1.82, 2.24) is 9.97 Å². The quantitative estimate of drug-likeness (QED) is 0.785. The first-order chi connectivity index (χ1) is 7.99. The first kappa shape index (κ1) is 12.2. The number of halogens is 2. The molecule has 0 aliphatic heterocycles. The van der Waals surface area contributed by atoms with Gasteiger partial charge in [0, 0.05) is 11.3 Å². The molecule has 88 valence electrons. The van der Waals surface area contributed by atoms with Gasteiger partial charge in [0.1, 0.15) is 16.2 Å². The fourth-order valence-corrected chi connectivity index (χ4v) is 1.96. The zero-order chi connectivity index (χ0) is 12.6. The number of benzene rings is 1. The van der Waals surface area contributed by atoms with Crippen LogP contribution in [0, 0.1) is 24.3 Å². The van der Waals surface area contributed by atoms with E-state index in [1.54, 1.807) is 6.07 Å². The normalized spacial score (nSPS) is 10.6. The lowest BCUT2D eigenvalue weighted by atomic mass is 10.1. The molecule has 2 nitrogen and oxygen atoms in total. The van der Waals surface area contributed by atoms with Crippen LogP contribution < -0.4 is 0 Å². The second kappa shape index (κ2) is 4.55. The van der Waals surface area contributed by atoms with E-state index < -0.39 is 5.82 Å². The van der Waals surface area contributed by atoms with Crippen LogP contribution in [-0.2, 0) is 0 Å². The highest BCUT2D eigenvalue weighted by Gasteiger charge is 2.07. The van der Waals surface area contributed by atoms with Gasteiger partial charge in [0.15, 0.2) is 0 Å². The summed E-state index contributed by atoms with van der Waals surface area (Å²) in [6.45, 7) is 3.79. The smallest absolute Gasteiger partial charge is 0.141 e. The van der Waals surface area contributed by atoms with Gasteiger partial charge in [-0.15, -0.1) is 0 Å². The Labute approximate surface area is 108 Å². The van der Waals surface area contributed by atoms with Gasteiger partial charge >= 0.3 is 0 Å². The second-order valence-electron chi connectivity index (χ2n) is 3.75. The summed E-state index contributed by atoms with van der Waals surface area (Å²) in [5.41, 5.74) is 3.10. The highest BCUT2D eigenvalue weighted by molar-refractivity contribution is 7.71. The number of nitrogens with zero attached hydrogens (tertiary/aromatic N) is 1. The molecule has 1 aromatic carbocycles. The monoisotopic (exact) mass is 268 g/mol. The van der Waals surface area contributed by atoms with Gasteiger partial charge in [-0.25, -0.2) is 9.37 Å². The van der Waals surface area contributed by atoms with Crippen molar-refractivity contribution in [3.05, 3.63) is 45.1 Å². The molecule has 0 fully saturated rings. The molecule has 1 N–H and O–H groups in total. The molecule has 0 atom stereocenters. The van der Waals surface area contributed by atoms with Crippen molar-refractivity contribution < 1.29 is 4.39 Å². The maximum Gasteiger partial charge on any atom is 0.141 e. The molecule has 0 bridgehead atoms. The Bertz CT molecular complexity index is 637. The van der Waals surface area contributed by atoms with Crippen LogP contribution in [0.4, 0.5) is 4.39 Å². The molecule has 1 heterocycles. The average Bonchev–Trinajstić information content (AvgIpc) is 2.27. The van der Waals surface area contributed by atoms with Crippen LogP contribution >= 0.6 is 23.8 Å². The minimum Gasteiger partial charge on any atom is -0.347 e. The number of aromatic amines is 1. The van der Waals surface area contributed by atoms with Gasteiger partial charge in [-0.2, -0.15) is 0 Å². The SMILES string of the molecule is Cc1nc(-c2ccc(F)c(Cl)c2)c(=S)[nH]c1C. The molecule has 0 amide bonds. The number of aryl methyl sites for hydroxylation is 2. The van der Waals surface area contributed by atoms with E-state index in [1.807, 2.05) is 13.8 Å². The van der Waals surface area contributed by atoms with E-state index in [1.165, 1.54) is 12.1 Å². The molecule has 0 spiro atoms. The Balaban J connectivity index is 2.64. The highest BCUT2D eigenvalue weighted by Crippen LogP contribution is 2.24. The molecule has 0 aliphatic rings. The lowest BCUT2D eigenvalue weighted by Gasteiger charge is -2.06. The van der Waals surface area contributed by atoms with Gasteiger partial charge in [0.05, 0.1) is 10.7 Å². The van der Waals surface area contributed by atoms with Crippen LogP contribution in [0.15, 0.2) is 18.2 Å². The van der Waals surface area contributed by atoms with E-state index in [4.69, 9.17) is 23.8 Å².